The molecule has 0 bridgehead atoms. The van der Waals surface area contributed by atoms with Crippen molar-refractivity contribution in [3.63, 3.8) is 0 Å². The zero-order chi connectivity index (χ0) is 23.2. The number of piperazine rings is 1. The molecule has 0 saturated carbocycles. The van der Waals surface area contributed by atoms with Gasteiger partial charge in [0.05, 0.1) is 37.6 Å². The molecular weight excluding hydrogens is 420 g/mol. The van der Waals surface area contributed by atoms with Crippen LogP contribution in [0.15, 0.2) is 48.7 Å². The fourth-order valence-electron chi connectivity index (χ4n) is 4.07. The van der Waals surface area contributed by atoms with Crippen molar-refractivity contribution in [3.8, 4) is 11.5 Å². The Labute approximate surface area is 194 Å². The summed E-state index contributed by atoms with van der Waals surface area (Å²) in [4.78, 5) is 9.12. The van der Waals surface area contributed by atoms with Crippen molar-refractivity contribution in [2.45, 2.75) is 6.04 Å². The number of methoxy groups -OCH3 is 2. The fourth-order valence-corrected chi connectivity index (χ4v) is 4.07. The lowest BCUT2D eigenvalue weighted by atomic mass is 10.1. The van der Waals surface area contributed by atoms with Crippen molar-refractivity contribution >= 4 is 28.0 Å². The molecule has 4 rings (SSSR count). The van der Waals surface area contributed by atoms with Crippen molar-refractivity contribution in [1.82, 2.24) is 9.88 Å². The number of aromatic nitrogens is 1. The maximum absolute atomic E-state index is 9.68. The summed E-state index contributed by atoms with van der Waals surface area (Å²) in [5, 5.41) is 14.2. The van der Waals surface area contributed by atoms with Gasteiger partial charge in [0.25, 0.3) is 0 Å². The number of fused-ring (bicyclic) bond motifs is 1. The Morgan fingerprint density at radius 3 is 2.73 bits per heavy atom. The Morgan fingerprint density at radius 1 is 1.06 bits per heavy atom. The van der Waals surface area contributed by atoms with E-state index in [2.05, 4.69) is 45.3 Å². The first-order valence-electron chi connectivity index (χ1n) is 11.1. The van der Waals surface area contributed by atoms with Gasteiger partial charge in [-0.1, -0.05) is 0 Å². The molecule has 8 nitrogen and oxygen atoms in total. The van der Waals surface area contributed by atoms with Gasteiger partial charge in [-0.2, -0.15) is 0 Å². The highest BCUT2D eigenvalue weighted by Gasteiger charge is 2.24. The Hall–Kier alpha value is -3.07. The van der Waals surface area contributed by atoms with Gasteiger partial charge in [0.2, 0.25) is 0 Å². The second-order valence-corrected chi connectivity index (χ2v) is 8.15. The molecule has 0 aliphatic carbocycles. The molecule has 0 amide bonds. The Bertz CT molecular complexity index is 1080. The number of ether oxygens (including phenoxy) is 3. The highest BCUT2D eigenvalue weighted by atomic mass is 16.5. The minimum atomic E-state index is 0.143. The van der Waals surface area contributed by atoms with Crippen molar-refractivity contribution in [3.05, 3.63) is 48.7 Å². The minimum Gasteiger partial charge on any atom is -0.494 e. The van der Waals surface area contributed by atoms with E-state index >= 15 is 0 Å². The van der Waals surface area contributed by atoms with Crippen LogP contribution in [0.4, 0.5) is 17.1 Å². The molecule has 1 aliphatic heterocycles. The predicted molar refractivity (Wildman–Crippen MR) is 131 cm³/mol. The number of likely N-dealkylation sites (N-methyl/N-ethyl adjacent to an activating group) is 1. The lowest BCUT2D eigenvalue weighted by Gasteiger charge is -2.39. The lowest BCUT2D eigenvalue weighted by molar-refractivity contribution is 0.135. The first-order valence-corrected chi connectivity index (χ1v) is 11.1. The summed E-state index contributed by atoms with van der Waals surface area (Å²) in [6.45, 7) is 3.81. The van der Waals surface area contributed by atoms with E-state index < -0.39 is 0 Å². The van der Waals surface area contributed by atoms with Gasteiger partial charge in [0, 0.05) is 55.8 Å². The van der Waals surface area contributed by atoms with Gasteiger partial charge in [-0.3, -0.25) is 9.88 Å². The summed E-state index contributed by atoms with van der Waals surface area (Å²) in [5.41, 5.74) is 3.83. The van der Waals surface area contributed by atoms with Crippen molar-refractivity contribution in [2.24, 2.45) is 0 Å². The van der Waals surface area contributed by atoms with Gasteiger partial charge in [-0.05, 0) is 43.4 Å². The number of anilines is 3. The molecule has 1 saturated heterocycles. The molecule has 2 heterocycles. The van der Waals surface area contributed by atoms with Crippen LogP contribution < -0.4 is 19.7 Å². The number of nitrogens with zero attached hydrogens (tertiary/aromatic N) is 3. The zero-order valence-corrected chi connectivity index (χ0v) is 19.5. The molecule has 1 aliphatic rings. The molecule has 2 aromatic carbocycles. The third kappa shape index (κ3) is 5.30. The summed E-state index contributed by atoms with van der Waals surface area (Å²) >= 11 is 0. The molecule has 2 N–H and O–H groups in total. The normalized spacial score (nSPS) is 16.7. The molecule has 3 aromatic rings. The molecule has 1 atom stereocenters. The highest BCUT2D eigenvalue weighted by Crippen LogP contribution is 2.34. The number of hydrogen-bond donors (Lipinski definition) is 2. The van der Waals surface area contributed by atoms with Crippen LogP contribution in [0, 0.1) is 0 Å². The van der Waals surface area contributed by atoms with Gasteiger partial charge in [-0.15, -0.1) is 0 Å². The Morgan fingerprint density at radius 2 is 1.94 bits per heavy atom. The van der Waals surface area contributed by atoms with E-state index in [9.17, 15) is 5.11 Å². The summed E-state index contributed by atoms with van der Waals surface area (Å²) < 4.78 is 16.3. The molecule has 1 aromatic heterocycles. The van der Waals surface area contributed by atoms with Crippen LogP contribution in [0.5, 0.6) is 11.5 Å². The predicted octanol–water partition coefficient (Wildman–Crippen LogP) is 3.12. The summed E-state index contributed by atoms with van der Waals surface area (Å²) in [7, 11) is 5.35. The summed E-state index contributed by atoms with van der Waals surface area (Å²) in [6.07, 6.45) is 1.81. The topological polar surface area (TPSA) is 79.3 Å². The Balaban J connectivity index is 1.55. The van der Waals surface area contributed by atoms with Crippen LogP contribution in [0.25, 0.3) is 10.9 Å². The second kappa shape index (κ2) is 10.7. The van der Waals surface area contributed by atoms with E-state index in [1.807, 2.05) is 30.5 Å². The van der Waals surface area contributed by atoms with Gasteiger partial charge >= 0.3 is 0 Å². The van der Waals surface area contributed by atoms with Gasteiger partial charge in [0.15, 0.2) is 0 Å². The molecule has 33 heavy (non-hydrogen) atoms. The second-order valence-electron chi connectivity index (χ2n) is 8.15. The van der Waals surface area contributed by atoms with E-state index in [4.69, 9.17) is 14.2 Å². The molecule has 1 fully saturated rings. The molecule has 0 spiro atoms. The Kier molecular flexibility index (Phi) is 7.49. The van der Waals surface area contributed by atoms with Crippen LogP contribution in [0.1, 0.15) is 0 Å². The van der Waals surface area contributed by atoms with Crippen molar-refractivity contribution in [1.29, 1.82) is 0 Å². The van der Waals surface area contributed by atoms with Crippen molar-refractivity contribution in [2.75, 3.05) is 70.9 Å². The number of pyridine rings is 1. The molecule has 8 heteroatoms. The summed E-state index contributed by atoms with van der Waals surface area (Å²) in [5.74, 6) is 1.42. The SMILES string of the molecule is COCCOc1ccc(Nc2ccnc3cc(N4CCN(C)[C@H](CO)C4)ccc23)c(OC)c1. The van der Waals surface area contributed by atoms with Crippen LogP contribution in [0.3, 0.4) is 0 Å². The standard InChI is InChI=1S/C25H32N4O4/c1-28-10-11-29(16-19(28)17-30)18-4-6-21-22(8-9-26-24(21)14-18)27-23-7-5-20(15-25(23)32-3)33-13-12-31-2/h4-9,14-15,19,30H,10-13,16-17H2,1-3H3,(H,26,27)/t19-/m0/s1. The van der Waals surface area contributed by atoms with E-state index in [1.54, 1.807) is 14.2 Å². The van der Waals surface area contributed by atoms with Crippen LogP contribution in [0.2, 0.25) is 0 Å². The first-order chi connectivity index (χ1) is 16.1. The smallest absolute Gasteiger partial charge is 0.145 e. The van der Waals surface area contributed by atoms with E-state index in [1.165, 1.54) is 0 Å². The number of nitrogens with one attached hydrogen (secondary N) is 1. The maximum atomic E-state index is 9.68. The molecule has 176 valence electrons. The molecule has 0 unspecified atom stereocenters. The number of rotatable bonds is 9. The summed E-state index contributed by atoms with van der Waals surface area (Å²) in [6, 6.07) is 14.2. The molecular formula is C25H32N4O4. The average molecular weight is 453 g/mol. The van der Waals surface area contributed by atoms with Crippen LogP contribution in [-0.4, -0.2) is 81.8 Å². The van der Waals surface area contributed by atoms with E-state index in [0.29, 0.717) is 19.0 Å². The highest BCUT2D eigenvalue weighted by molar-refractivity contribution is 5.95. The third-order valence-corrected chi connectivity index (χ3v) is 6.08. The van der Waals surface area contributed by atoms with Gasteiger partial charge in [0.1, 0.15) is 18.1 Å². The largest absolute Gasteiger partial charge is 0.494 e. The van der Waals surface area contributed by atoms with E-state index in [-0.39, 0.29) is 12.6 Å². The number of aliphatic hydroxyl groups excluding tert-OH is 1. The first kappa shape index (κ1) is 23.1. The van der Waals surface area contributed by atoms with Gasteiger partial charge in [-0.25, -0.2) is 0 Å². The number of benzene rings is 2. The molecule has 0 radical (unpaired) electrons. The van der Waals surface area contributed by atoms with Crippen LogP contribution >= 0.6 is 0 Å². The maximum Gasteiger partial charge on any atom is 0.145 e. The lowest BCUT2D eigenvalue weighted by Crippen LogP contribution is -2.53. The number of aliphatic hydroxyl groups is 1. The van der Waals surface area contributed by atoms with Gasteiger partial charge < -0.3 is 29.5 Å². The zero-order valence-electron chi connectivity index (χ0n) is 19.5. The minimum absolute atomic E-state index is 0.143. The average Bonchev–Trinajstić information content (AvgIpc) is 2.85. The monoisotopic (exact) mass is 452 g/mol. The number of hydrogen-bond acceptors (Lipinski definition) is 8. The van der Waals surface area contributed by atoms with E-state index in [0.717, 1.165) is 53.3 Å². The quantitative estimate of drug-likeness (QED) is 0.480. The third-order valence-electron chi connectivity index (χ3n) is 6.08. The fraction of sp³-hybridized carbons (Fsp3) is 0.400. The van der Waals surface area contributed by atoms with Crippen LogP contribution in [-0.2, 0) is 4.74 Å². The van der Waals surface area contributed by atoms with Crippen molar-refractivity contribution < 1.29 is 19.3 Å².